The topological polar surface area (TPSA) is 97.9 Å². The summed E-state index contributed by atoms with van der Waals surface area (Å²) in [6.07, 6.45) is 1.69. The fraction of sp³-hybridized carbons (Fsp3) is 0.263. The highest BCUT2D eigenvalue weighted by Crippen LogP contribution is 2.32. The predicted molar refractivity (Wildman–Crippen MR) is 103 cm³/mol. The van der Waals surface area contributed by atoms with Crippen LogP contribution in [0.4, 0.5) is 10.2 Å². The molecule has 1 unspecified atom stereocenters. The number of carbonyl (C=O) groups excluding carboxylic acids is 1. The van der Waals surface area contributed by atoms with Crippen molar-refractivity contribution >= 4 is 34.0 Å². The van der Waals surface area contributed by atoms with Crippen molar-refractivity contribution in [1.29, 1.82) is 0 Å². The van der Waals surface area contributed by atoms with Gasteiger partial charge in [-0.1, -0.05) is 0 Å². The van der Waals surface area contributed by atoms with Crippen LogP contribution in [-0.4, -0.2) is 32.5 Å². The van der Waals surface area contributed by atoms with Gasteiger partial charge in [0.15, 0.2) is 11.3 Å². The second-order valence-corrected chi connectivity index (χ2v) is 6.59. The Morgan fingerprint density at radius 1 is 1.29 bits per heavy atom. The minimum atomic E-state index is -0.486. The van der Waals surface area contributed by atoms with Crippen LogP contribution >= 0.6 is 0 Å². The van der Waals surface area contributed by atoms with Crippen molar-refractivity contribution in [1.82, 2.24) is 24.8 Å². The molecule has 1 aromatic carbocycles. The number of fused-ring (bicyclic) bond motifs is 3. The Labute approximate surface area is 159 Å². The summed E-state index contributed by atoms with van der Waals surface area (Å²) in [6.45, 7) is 3.11. The van der Waals surface area contributed by atoms with E-state index in [4.69, 9.17) is 4.42 Å². The standard InChI is InChI=1S/C19H19FN6O2/c1-9(23-10(2)27)12-7-11(5-6-13(12)20)18-24-15-16-14(22-8-26(16)4)17(21-3)25-19(15)28-18/h5-9H,1-4H3,(H,21,25)(H,23,27). The molecule has 0 bridgehead atoms. The summed E-state index contributed by atoms with van der Waals surface area (Å²) in [5.41, 5.74) is 3.35. The minimum absolute atomic E-state index is 0.235. The number of rotatable bonds is 4. The lowest BCUT2D eigenvalue weighted by molar-refractivity contribution is -0.119. The molecule has 1 amide bonds. The maximum absolute atomic E-state index is 14.3. The largest absolute Gasteiger partial charge is 0.418 e. The summed E-state index contributed by atoms with van der Waals surface area (Å²) in [6, 6.07) is 4.06. The molecule has 1 atom stereocenters. The summed E-state index contributed by atoms with van der Waals surface area (Å²) in [5, 5.41) is 5.70. The molecule has 0 saturated carbocycles. The van der Waals surface area contributed by atoms with E-state index in [0.717, 1.165) is 5.52 Å². The summed E-state index contributed by atoms with van der Waals surface area (Å²) in [4.78, 5) is 24.7. The first-order valence-electron chi connectivity index (χ1n) is 8.75. The molecule has 0 aliphatic rings. The Kier molecular flexibility index (Phi) is 4.21. The molecular weight excluding hydrogens is 363 g/mol. The number of carbonyl (C=O) groups is 1. The molecule has 144 valence electrons. The zero-order chi connectivity index (χ0) is 20.0. The van der Waals surface area contributed by atoms with Gasteiger partial charge in [-0.05, 0) is 25.1 Å². The molecule has 0 fully saturated rings. The molecule has 4 rings (SSSR count). The van der Waals surface area contributed by atoms with Crippen LogP contribution in [0.15, 0.2) is 28.9 Å². The van der Waals surface area contributed by atoms with Gasteiger partial charge in [0.1, 0.15) is 16.9 Å². The van der Waals surface area contributed by atoms with Crippen molar-refractivity contribution in [3.05, 3.63) is 35.9 Å². The molecule has 0 saturated heterocycles. The third kappa shape index (κ3) is 2.84. The van der Waals surface area contributed by atoms with Gasteiger partial charge in [0.2, 0.25) is 11.8 Å². The van der Waals surface area contributed by atoms with Gasteiger partial charge in [0.05, 0.1) is 12.4 Å². The number of halogens is 1. The number of nitrogens with zero attached hydrogens (tertiary/aromatic N) is 4. The van der Waals surface area contributed by atoms with Crippen LogP contribution in [0.1, 0.15) is 25.5 Å². The lowest BCUT2D eigenvalue weighted by atomic mass is 10.0. The molecule has 0 radical (unpaired) electrons. The maximum atomic E-state index is 14.3. The first-order valence-corrected chi connectivity index (χ1v) is 8.75. The highest BCUT2D eigenvalue weighted by atomic mass is 19.1. The van der Waals surface area contributed by atoms with Crippen LogP contribution in [0.5, 0.6) is 0 Å². The monoisotopic (exact) mass is 382 g/mol. The minimum Gasteiger partial charge on any atom is -0.418 e. The molecule has 0 aliphatic carbocycles. The Hall–Kier alpha value is -3.49. The predicted octanol–water partition coefficient (Wildman–Crippen LogP) is 3.15. The average Bonchev–Trinajstić information content (AvgIpc) is 3.24. The quantitative estimate of drug-likeness (QED) is 0.563. The van der Waals surface area contributed by atoms with E-state index in [9.17, 15) is 9.18 Å². The van der Waals surface area contributed by atoms with Crippen molar-refractivity contribution in [2.75, 3.05) is 12.4 Å². The first kappa shape index (κ1) is 17.9. The molecule has 0 spiro atoms. The van der Waals surface area contributed by atoms with Crippen LogP contribution in [-0.2, 0) is 11.8 Å². The Morgan fingerprint density at radius 2 is 2.07 bits per heavy atom. The number of anilines is 1. The lowest BCUT2D eigenvalue weighted by Crippen LogP contribution is -2.24. The number of hydrogen-bond donors (Lipinski definition) is 2. The molecular formula is C19H19FN6O2. The van der Waals surface area contributed by atoms with Crippen molar-refractivity contribution in [3.63, 3.8) is 0 Å². The highest BCUT2D eigenvalue weighted by Gasteiger charge is 2.20. The van der Waals surface area contributed by atoms with E-state index in [2.05, 4.69) is 25.6 Å². The van der Waals surface area contributed by atoms with E-state index in [-0.39, 0.29) is 5.91 Å². The van der Waals surface area contributed by atoms with Crippen molar-refractivity contribution in [2.45, 2.75) is 19.9 Å². The van der Waals surface area contributed by atoms with E-state index < -0.39 is 11.9 Å². The van der Waals surface area contributed by atoms with E-state index in [1.54, 1.807) is 32.4 Å². The van der Waals surface area contributed by atoms with Crippen LogP contribution in [0.2, 0.25) is 0 Å². The second-order valence-electron chi connectivity index (χ2n) is 6.59. The van der Waals surface area contributed by atoms with Crippen molar-refractivity contribution < 1.29 is 13.6 Å². The molecule has 28 heavy (non-hydrogen) atoms. The lowest BCUT2D eigenvalue weighted by Gasteiger charge is -2.14. The van der Waals surface area contributed by atoms with Gasteiger partial charge in [-0.3, -0.25) is 4.79 Å². The third-order valence-electron chi connectivity index (χ3n) is 4.57. The van der Waals surface area contributed by atoms with Crippen LogP contribution < -0.4 is 10.6 Å². The van der Waals surface area contributed by atoms with Gasteiger partial charge in [-0.15, -0.1) is 0 Å². The summed E-state index contributed by atoms with van der Waals surface area (Å²) in [5.74, 6) is 0.256. The first-order chi connectivity index (χ1) is 13.4. The van der Waals surface area contributed by atoms with Crippen LogP contribution in [0.3, 0.4) is 0 Å². The van der Waals surface area contributed by atoms with Crippen molar-refractivity contribution in [3.8, 4) is 11.5 Å². The van der Waals surface area contributed by atoms with Gasteiger partial charge in [-0.2, -0.15) is 4.98 Å². The average molecular weight is 382 g/mol. The smallest absolute Gasteiger partial charge is 0.251 e. The summed E-state index contributed by atoms with van der Waals surface area (Å²) >= 11 is 0. The van der Waals surface area contributed by atoms with Gasteiger partial charge in [0.25, 0.3) is 5.71 Å². The SMILES string of the molecule is CNc1nc2oc(-c3ccc(F)c(C(C)NC(C)=O)c3)nc2c2c1ncn2C. The maximum Gasteiger partial charge on any atom is 0.251 e. The number of oxazole rings is 1. The highest BCUT2D eigenvalue weighted by molar-refractivity contribution is 6.03. The second kappa shape index (κ2) is 6.59. The van der Waals surface area contributed by atoms with Gasteiger partial charge in [-0.25, -0.2) is 14.4 Å². The summed E-state index contributed by atoms with van der Waals surface area (Å²) < 4.78 is 22.0. The molecule has 3 aromatic heterocycles. The van der Waals surface area contributed by atoms with Gasteiger partial charge < -0.3 is 19.6 Å². The van der Waals surface area contributed by atoms with E-state index >= 15 is 0 Å². The number of benzene rings is 1. The third-order valence-corrected chi connectivity index (χ3v) is 4.57. The van der Waals surface area contributed by atoms with Crippen molar-refractivity contribution in [2.24, 2.45) is 7.05 Å². The number of nitrogens with one attached hydrogen (secondary N) is 2. The van der Waals surface area contributed by atoms with E-state index in [1.807, 2.05) is 11.6 Å². The van der Waals surface area contributed by atoms with E-state index in [1.165, 1.54) is 13.0 Å². The number of amides is 1. The Balaban J connectivity index is 1.87. The molecule has 9 heteroatoms. The molecule has 0 aliphatic heterocycles. The molecule has 4 aromatic rings. The van der Waals surface area contributed by atoms with Crippen LogP contribution in [0.25, 0.3) is 33.7 Å². The summed E-state index contributed by atoms with van der Waals surface area (Å²) in [7, 11) is 3.63. The molecule has 8 nitrogen and oxygen atoms in total. The normalized spacial score (nSPS) is 12.5. The fourth-order valence-corrected chi connectivity index (χ4v) is 3.27. The fourth-order valence-electron chi connectivity index (χ4n) is 3.27. The zero-order valence-corrected chi connectivity index (χ0v) is 15.9. The van der Waals surface area contributed by atoms with E-state index in [0.29, 0.717) is 39.6 Å². The van der Waals surface area contributed by atoms with Gasteiger partial charge in [0, 0.05) is 32.1 Å². The molecule has 3 heterocycles. The Bertz CT molecular complexity index is 1210. The number of hydrogen-bond acceptors (Lipinski definition) is 6. The number of pyridine rings is 1. The zero-order valence-electron chi connectivity index (χ0n) is 15.9. The van der Waals surface area contributed by atoms with Crippen LogP contribution in [0, 0.1) is 5.82 Å². The number of imidazole rings is 1. The Morgan fingerprint density at radius 3 is 2.79 bits per heavy atom. The number of aromatic nitrogens is 4. The van der Waals surface area contributed by atoms with Gasteiger partial charge >= 0.3 is 0 Å². The molecule has 2 N–H and O–H groups in total. The number of aryl methyl sites for hydroxylation is 1.